The Bertz CT molecular complexity index is 668. The summed E-state index contributed by atoms with van der Waals surface area (Å²) in [6.45, 7) is 8.36. The van der Waals surface area contributed by atoms with E-state index >= 15 is 0 Å². The molecule has 168 valence electrons. The van der Waals surface area contributed by atoms with Crippen molar-refractivity contribution < 1.29 is 9.53 Å². The second-order valence-electron chi connectivity index (χ2n) is 8.88. The maximum atomic E-state index is 12.0. The molecule has 1 aromatic rings. The van der Waals surface area contributed by atoms with Gasteiger partial charge < -0.3 is 15.0 Å². The summed E-state index contributed by atoms with van der Waals surface area (Å²) in [5.74, 6) is 0.989. The van der Waals surface area contributed by atoms with Gasteiger partial charge in [0.1, 0.15) is 0 Å². The molecule has 1 aliphatic heterocycles. The van der Waals surface area contributed by atoms with E-state index in [1.165, 1.54) is 37.1 Å². The molecule has 2 aliphatic rings. The Morgan fingerprint density at radius 1 is 1.17 bits per heavy atom. The molecule has 1 heterocycles. The normalized spacial score (nSPS) is 22.8. The minimum Gasteiger partial charge on any atom is -0.385 e. The van der Waals surface area contributed by atoms with Crippen molar-refractivity contribution in [1.29, 1.82) is 0 Å². The summed E-state index contributed by atoms with van der Waals surface area (Å²) >= 11 is 6.30. The number of carbonyl (C=O) groups is 1. The number of nitrogens with one attached hydrogen (secondary N) is 1. The van der Waals surface area contributed by atoms with Gasteiger partial charge in [-0.15, -0.1) is 0 Å². The van der Waals surface area contributed by atoms with Crippen LogP contribution in [0.2, 0.25) is 5.02 Å². The van der Waals surface area contributed by atoms with Crippen molar-refractivity contribution in [3.63, 3.8) is 0 Å². The third kappa shape index (κ3) is 6.86. The molecule has 0 radical (unpaired) electrons. The monoisotopic (exact) mass is 435 g/mol. The van der Waals surface area contributed by atoms with E-state index < -0.39 is 0 Å². The molecule has 1 amide bonds. The highest BCUT2D eigenvalue weighted by Gasteiger charge is 2.24. The first-order valence-corrected chi connectivity index (χ1v) is 12.0. The molecule has 5 nitrogen and oxygen atoms in total. The van der Waals surface area contributed by atoms with Crippen LogP contribution in [-0.2, 0) is 9.53 Å². The fourth-order valence-corrected chi connectivity index (χ4v) is 4.96. The van der Waals surface area contributed by atoms with Crippen LogP contribution in [0, 0.1) is 12.8 Å². The number of halogens is 1. The van der Waals surface area contributed by atoms with Gasteiger partial charge in [-0.25, -0.2) is 0 Å². The van der Waals surface area contributed by atoms with Crippen LogP contribution in [0.15, 0.2) is 18.2 Å². The molecule has 0 atom stereocenters. The van der Waals surface area contributed by atoms with Crippen LogP contribution in [0.1, 0.15) is 50.5 Å². The SMILES string of the molecule is COCCCC(=O)N[C@H]1CC[C@H](CCN2CCN(c3cccc(Cl)c3C)CC2)CC1. The van der Waals surface area contributed by atoms with Crippen LogP contribution in [0.3, 0.4) is 0 Å². The number of rotatable bonds is 9. The Balaban J connectivity index is 1.31. The van der Waals surface area contributed by atoms with Gasteiger partial charge in [0.25, 0.3) is 0 Å². The Morgan fingerprint density at radius 3 is 2.60 bits per heavy atom. The smallest absolute Gasteiger partial charge is 0.220 e. The van der Waals surface area contributed by atoms with E-state index in [1.54, 1.807) is 7.11 Å². The molecule has 1 saturated carbocycles. The quantitative estimate of drug-likeness (QED) is 0.588. The molecule has 1 N–H and O–H groups in total. The minimum atomic E-state index is 0.184. The number of benzene rings is 1. The summed E-state index contributed by atoms with van der Waals surface area (Å²) in [5.41, 5.74) is 2.47. The van der Waals surface area contributed by atoms with Crippen LogP contribution in [0.25, 0.3) is 0 Å². The van der Waals surface area contributed by atoms with Crippen molar-refractivity contribution >= 4 is 23.2 Å². The lowest BCUT2D eigenvalue weighted by atomic mass is 9.84. The number of anilines is 1. The number of piperazine rings is 1. The molecule has 0 unspecified atom stereocenters. The Kier molecular flexibility index (Phi) is 9.28. The van der Waals surface area contributed by atoms with Gasteiger partial charge in [-0.05, 0) is 75.6 Å². The number of methoxy groups -OCH3 is 1. The first kappa shape index (κ1) is 23.4. The number of nitrogens with zero attached hydrogens (tertiary/aromatic N) is 2. The molecule has 1 aliphatic carbocycles. The first-order chi connectivity index (χ1) is 14.6. The topological polar surface area (TPSA) is 44.8 Å². The van der Waals surface area contributed by atoms with Crippen LogP contribution in [0.4, 0.5) is 5.69 Å². The minimum absolute atomic E-state index is 0.184. The van der Waals surface area contributed by atoms with E-state index in [-0.39, 0.29) is 5.91 Å². The van der Waals surface area contributed by atoms with Gasteiger partial charge in [0.05, 0.1) is 0 Å². The predicted octanol–water partition coefficient (Wildman–Crippen LogP) is 4.26. The standard InChI is InChI=1S/C24H38ClN3O2/c1-19-22(25)5-3-6-23(19)28-16-14-27(15-17-28)13-12-20-8-10-21(11-9-20)26-24(29)7-4-18-30-2/h3,5-6,20-21H,4,7-18H2,1-2H3,(H,26,29)/t20-,21-. The largest absolute Gasteiger partial charge is 0.385 e. The van der Waals surface area contributed by atoms with E-state index in [1.807, 2.05) is 6.07 Å². The lowest BCUT2D eigenvalue weighted by Gasteiger charge is -2.38. The highest BCUT2D eigenvalue weighted by molar-refractivity contribution is 6.31. The summed E-state index contributed by atoms with van der Waals surface area (Å²) in [7, 11) is 1.68. The fraction of sp³-hybridized carbons (Fsp3) is 0.708. The molecule has 2 fully saturated rings. The molecule has 0 bridgehead atoms. The second-order valence-corrected chi connectivity index (χ2v) is 9.29. The zero-order chi connectivity index (χ0) is 21.3. The van der Waals surface area contributed by atoms with Crippen LogP contribution < -0.4 is 10.2 Å². The van der Waals surface area contributed by atoms with E-state index in [2.05, 4.69) is 34.2 Å². The Morgan fingerprint density at radius 2 is 1.90 bits per heavy atom. The third-order valence-corrected chi connectivity index (χ3v) is 7.18. The molecule has 6 heteroatoms. The molecule has 1 aromatic carbocycles. The van der Waals surface area contributed by atoms with Gasteiger partial charge in [-0.3, -0.25) is 9.69 Å². The van der Waals surface area contributed by atoms with E-state index in [0.717, 1.165) is 56.4 Å². The first-order valence-electron chi connectivity index (χ1n) is 11.6. The molecular weight excluding hydrogens is 398 g/mol. The second kappa shape index (κ2) is 11.9. The number of carbonyl (C=O) groups excluding carboxylic acids is 1. The van der Waals surface area contributed by atoms with Crippen molar-refractivity contribution in [1.82, 2.24) is 10.2 Å². The number of ether oxygens (including phenoxy) is 1. The lowest BCUT2D eigenvalue weighted by Crippen LogP contribution is -2.47. The van der Waals surface area contributed by atoms with Crippen molar-refractivity contribution in [3.05, 3.63) is 28.8 Å². The van der Waals surface area contributed by atoms with Crippen LogP contribution >= 0.6 is 11.6 Å². The van der Waals surface area contributed by atoms with Crippen molar-refractivity contribution in [2.24, 2.45) is 5.92 Å². The van der Waals surface area contributed by atoms with E-state index in [4.69, 9.17) is 16.3 Å². The molecule has 0 spiro atoms. The predicted molar refractivity (Wildman–Crippen MR) is 124 cm³/mol. The van der Waals surface area contributed by atoms with Crippen LogP contribution in [0.5, 0.6) is 0 Å². The molecule has 0 aromatic heterocycles. The van der Waals surface area contributed by atoms with Crippen LogP contribution in [-0.4, -0.2) is 63.3 Å². The third-order valence-electron chi connectivity index (χ3n) is 6.77. The molecular formula is C24H38ClN3O2. The molecule has 3 rings (SSSR count). The zero-order valence-electron chi connectivity index (χ0n) is 18.7. The summed E-state index contributed by atoms with van der Waals surface area (Å²) in [6.07, 6.45) is 7.40. The van der Waals surface area contributed by atoms with Gasteiger partial charge >= 0.3 is 0 Å². The average Bonchev–Trinajstić information content (AvgIpc) is 2.76. The zero-order valence-corrected chi connectivity index (χ0v) is 19.4. The number of hydrogen-bond donors (Lipinski definition) is 1. The van der Waals surface area contributed by atoms with Crippen molar-refractivity contribution in [3.8, 4) is 0 Å². The van der Waals surface area contributed by atoms with Crippen molar-refractivity contribution in [2.45, 2.75) is 57.9 Å². The lowest BCUT2D eigenvalue weighted by molar-refractivity contribution is -0.122. The summed E-state index contributed by atoms with van der Waals surface area (Å²) < 4.78 is 5.02. The highest BCUT2D eigenvalue weighted by Crippen LogP contribution is 2.29. The maximum Gasteiger partial charge on any atom is 0.220 e. The van der Waals surface area contributed by atoms with Gasteiger partial charge in [-0.2, -0.15) is 0 Å². The number of hydrogen-bond acceptors (Lipinski definition) is 4. The Labute approximate surface area is 187 Å². The maximum absolute atomic E-state index is 12.0. The van der Waals surface area contributed by atoms with Gasteiger partial charge in [0.15, 0.2) is 0 Å². The summed E-state index contributed by atoms with van der Waals surface area (Å²) in [4.78, 5) is 17.1. The average molecular weight is 436 g/mol. The number of amides is 1. The summed E-state index contributed by atoms with van der Waals surface area (Å²) in [5, 5.41) is 4.07. The fourth-order valence-electron chi connectivity index (χ4n) is 4.79. The summed E-state index contributed by atoms with van der Waals surface area (Å²) in [6, 6.07) is 6.58. The molecule has 30 heavy (non-hydrogen) atoms. The van der Waals surface area contributed by atoms with E-state index in [0.29, 0.717) is 19.1 Å². The van der Waals surface area contributed by atoms with Crippen molar-refractivity contribution in [2.75, 3.05) is 51.3 Å². The Hall–Kier alpha value is -1.30. The van der Waals surface area contributed by atoms with Gasteiger partial charge in [0, 0.05) is 63.1 Å². The van der Waals surface area contributed by atoms with E-state index in [9.17, 15) is 4.79 Å². The molecule has 1 saturated heterocycles. The van der Waals surface area contributed by atoms with Gasteiger partial charge in [-0.1, -0.05) is 17.7 Å². The highest BCUT2D eigenvalue weighted by atomic mass is 35.5. The van der Waals surface area contributed by atoms with Gasteiger partial charge in [0.2, 0.25) is 5.91 Å².